The zero-order valence-electron chi connectivity index (χ0n) is 8.32. The number of hydrogen-bond acceptors (Lipinski definition) is 4. The second-order valence-electron chi connectivity index (χ2n) is 3.24. The molecule has 0 bridgehead atoms. The lowest BCUT2D eigenvalue weighted by Crippen LogP contribution is -1.96. The van der Waals surface area contributed by atoms with Crippen LogP contribution in [0.3, 0.4) is 0 Å². The SMILES string of the molecule is CCCc1nn2c(CO)c(C)nc2s1. The van der Waals surface area contributed by atoms with Crippen molar-refractivity contribution in [1.29, 1.82) is 0 Å². The zero-order chi connectivity index (χ0) is 10.1. The van der Waals surface area contributed by atoms with Gasteiger partial charge in [-0.15, -0.1) is 0 Å². The first-order chi connectivity index (χ1) is 6.76. The number of aromatic nitrogens is 3. The zero-order valence-corrected chi connectivity index (χ0v) is 9.13. The van der Waals surface area contributed by atoms with Gasteiger partial charge in [0.1, 0.15) is 5.01 Å². The number of aliphatic hydroxyl groups excluding tert-OH is 1. The van der Waals surface area contributed by atoms with Crippen molar-refractivity contribution in [2.24, 2.45) is 0 Å². The van der Waals surface area contributed by atoms with E-state index in [0.29, 0.717) is 0 Å². The van der Waals surface area contributed by atoms with Crippen molar-refractivity contribution >= 4 is 16.3 Å². The van der Waals surface area contributed by atoms with E-state index in [9.17, 15) is 0 Å². The molecule has 0 atom stereocenters. The lowest BCUT2D eigenvalue weighted by Gasteiger charge is -1.92. The maximum absolute atomic E-state index is 9.15. The monoisotopic (exact) mass is 211 g/mol. The summed E-state index contributed by atoms with van der Waals surface area (Å²) in [6.07, 6.45) is 2.07. The van der Waals surface area contributed by atoms with E-state index >= 15 is 0 Å². The summed E-state index contributed by atoms with van der Waals surface area (Å²) in [7, 11) is 0. The van der Waals surface area contributed by atoms with Crippen LogP contribution in [0.4, 0.5) is 0 Å². The van der Waals surface area contributed by atoms with Gasteiger partial charge in [0.25, 0.3) is 0 Å². The summed E-state index contributed by atoms with van der Waals surface area (Å²) in [5, 5.41) is 14.6. The summed E-state index contributed by atoms with van der Waals surface area (Å²) in [6, 6.07) is 0. The van der Waals surface area contributed by atoms with Gasteiger partial charge in [0.05, 0.1) is 18.0 Å². The van der Waals surface area contributed by atoms with Gasteiger partial charge in [-0.2, -0.15) is 5.10 Å². The molecule has 0 saturated carbocycles. The van der Waals surface area contributed by atoms with Crippen molar-refractivity contribution in [3.05, 3.63) is 16.4 Å². The van der Waals surface area contributed by atoms with E-state index in [2.05, 4.69) is 17.0 Å². The fourth-order valence-corrected chi connectivity index (χ4v) is 2.49. The number of rotatable bonds is 3. The van der Waals surface area contributed by atoms with Crippen molar-refractivity contribution in [3.63, 3.8) is 0 Å². The lowest BCUT2D eigenvalue weighted by atomic mass is 10.3. The molecule has 0 aromatic carbocycles. The standard InChI is InChI=1S/C9H13N3OS/c1-3-4-8-11-12-7(5-13)6(2)10-9(12)14-8/h13H,3-5H2,1-2H3. The third-order valence-electron chi connectivity index (χ3n) is 2.15. The molecule has 0 aliphatic carbocycles. The van der Waals surface area contributed by atoms with Crippen LogP contribution in [-0.4, -0.2) is 19.7 Å². The van der Waals surface area contributed by atoms with Gasteiger partial charge in [-0.05, 0) is 13.3 Å². The van der Waals surface area contributed by atoms with Crippen molar-refractivity contribution < 1.29 is 5.11 Å². The minimum Gasteiger partial charge on any atom is -0.390 e. The minimum absolute atomic E-state index is 0.00228. The molecule has 76 valence electrons. The van der Waals surface area contributed by atoms with Crippen LogP contribution in [0.2, 0.25) is 0 Å². The fraction of sp³-hybridized carbons (Fsp3) is 0.556. The van der Waals surface area contributed by atoms with Crippen molar-refractivity contribution in [1.82, 2.24) is 14.6 Å². The Hall–Kier alpha value is -0.940. The maximum Gasteiger partial charge on any atom is 0.212 e. The number of fused-ring (bicyclic) bond motifs is 1. The average Bonchev–Trinajstić information content (AvgIpc) is 2.61. The van der Waals surface area contributed by atoms with E-state index in [1.807, 2.05) is 6.92 Å². The predicted octanol–water partition coefficient (Wildman–Crippen LogP) is 1.54. The van der Waals surface area contributed by atoms with Crippen LogP contribution in [-0.2, 0) is 13.0 Å². The molecule has 0 aliphatic heterocycles. The van der Waals surface area contributed by atoms with Gasteiger partial charge in [-0.3, -0.25) is 0 Å². The molecule has 2 heterocycles. The van der Waals surface area contributed by atoms with Crippen LogP contribution in [0.1, 0.15) is 29.7 Å². The van der Waals surface area contributed by atoms with Gasteiger partial charge in [-0.25, -0.2) is 9.50 Å². The number of hydrogen-bond donors (Lipinski definition) is 1. The molecule has 0 fully saturated rings. The maximum atomic E-state index is 9.15. The van der Waals surface area contributed by atoms with Gasteiger partial charge in [0, 0.05) is 6.42 Å². The van der Waals surface area contributed by atoms with Crippen LogP contribution < -0.4 is 0 Å². The Morgan fingerprint density at radius 3 is 2.93 bits per heavy atom. The third kappa shape index (κ3) is 1.42. The first kappa shape index (κ1) is 9.61. The summed E-state index contributed by atoms with van der Waals surface area (Å²) < 4.78 is 1.75. The van der Waals surface area contributed by atoms with E-state index in [4.69, 9.17) is 5.11 Å². The normalized spacial score (nSPS) is 11.4. The molecule has 4 nitrogen and oxygen atoms in total. The van der Waals surface area contributed by atoms with Crippen LogP contribution >= 0.6 is 11.3 Å². The molecule has 14 heavy (non-hydrogen) atoms. The average molecular weight is 211 g/mol. The predicted molar refractivity (Wildman–Crippen MR) is 55.5 cm³/mol. The van der Waals surface area contributed by atoms with Crippen LogP contribution in [0.15, 0.2) is 0 Å². The number of aryl methyl sites for hydroxylation is 2. The number of aliphatic hydroxyl groups is 1. The highest BCUT2D eigenvalue weighted by Gasteiger charge is 2.12. The van der Waals surface area contributed by atoms with Gasteiger partial charge in [0.2, 0.25) is 4.96 Å². The number of imidazole rings is 1. The van der Waals surface area contributed by atoms with Gasteiger partial charge < -0.3 is 5.11 Å². The highest BCUT2D eigenvalue weighted by Crippen LogP contribution is 2.19. The molecule has 0 unspecified atom stereocenters. The molecule has 2 aromatic rings. The van der Waals surface area contributed by atoms with Crippen LogP contribution in [0, 0.1) is 6.92 Å². The topological polar surface area (TPSA) is 50.4 Å². The van der Waals surface area contributed by atoms with E-state index in [-0.39, 0.29) is 6.61 Å². The van der Waals surface area contributed by atoms with Crippen molar-refractivity contribution in [3.8, 4) is 0 Å². The Balaban J connectivity index is 2.51. The molecule has 0 aliphatic rings. The van der Waals surface area contributed by atoms with Crippen LogP contribution in [0.5, 0.6) is 0 Å². The van der Waals surface area contributed by atoms with E-state index in [1.54, 1.807) is 15.9 Å². The summed E-state index contributed by atoms with van der Waals surface area (Å²) in [6.45, 7) is 4.02. The lowest BCUT2D eigenvalue weighted by molar-refractivity contribution is 0.273. The van der Waals surface area contributed by atoms with E-state index in [0.717, 1.165) is 34.2 Å². The molecule has 5 heteroatoms. The van der Waals surface area contributed by atoms with Gasteiger partial charge >= 0.3 is 0 Å². The summed E-state index contributed by atoms with van der Waals surface area (Å²) >= 11 is 1.60. The molecular weight excluding hydrogens is 198 g/mol. The number of nitrogens with zero attached hydrogens (tertiary/aromatic N) is 3. The Morgan fingerprint density at radius 2 is 2.29 bits per heavy atom. The fourth-order valence-electron chi connectivity index (χ4n) is 1.43. The van der Waals surface area contributed by atoms with E-state index < -0.39 is 0 Å². The summed E-state index contributed by atoms with van der Waals surface area (Å²) in [5.74, 6) is 0. The second-order valence-corrected chi connectivity index (χ2v) is 4.28. The quantitative estimate of drug-likeness (QED) is 0.838. The Kier molecular flexibility index (Phi) is 2.52. The molecule has 0 saturated heterocycles. The van der Waals surface area contributed by atoms with E-state index in [1.165, 1.54) is 0 Å². The summed E-state index contributed by atoms with van der Waals surface area (Å²) in [5.41, 5.74) is 1.67. The van der Waals surface area contributed by atoms with Crippen LogP contribution in [0.25, 0.3) is 4.96 Å². The Morgan fingerprint density at radius 1 is 1.50 bits per heavy atom. The molecular formula is C9H13N3OS. The Labute approximate surface area is 86.2 Å². The third-order valence-corrected chi connectivity index (χ3v) is 3.12. The highest BCUT2D eigenvalue weighted by atomic mass is 32.1. The molecule has 2 aromatic heterocycles. The molecule has 2 rings (SSSR count). The molecule has 0 amide bonds. The smallest absolute Gasteiger partial charge is 0.212 e. The Bertz CT molecular complexity index is 446. The van der Waals surface area contributed by atoms with Gasteiger partial charge in [0.15, 0.2) is 0 Å². The van der Waals surface area contributed by atoms with Gasteiger partial charge in [-0.1, -0.05) is 18.3 Å². The first-order valence-electron chi connectivity index (χ1n) is 4.71. The highest BCUT2D eigenvalue weighted by molar-refractivity contribution is 7.16. The summed E-state index contributed by atoms with van der Waals surface area (Å²) in [4.78, 5) is 5.23. The largest absolute Gasteiger partial charge is 0.390 e. The van der Waals surface area contributed by atoms with Crippen molar-refractivity contribution in [2.45, 2.75) is 33.3 Å². The second kappa shape index (κ2) is 3.67. The molecule has 1 N–H and O–H groups in total. The molecule has 0 radical (unpaired) electrons. The minimum atomic E-state index is 0.00228. The first-order valence-corrected chi connectivity index (χ1v) is 5.52. The van der Waals surface area contributed by atoms with Crippen molar-refractivity contribution in [2.75, 3.05) is 0 Å². The molecule has 0 spiro atoms.